The number of hydrogen-bond donors (Lipinski definition) is 1. The van der Waals surface area contributed by atoms with Gasteiger partial charge in [-0.05, 0) is 49.1 Å². The molecule has 1 atom stereocenters. The Morgan fingerprint density at radius 2 is 2.10 bits per heavy atom. The van der Waals surface area contributed by atoms with E-state index in [9.17, 15) is 9.59 Å². The van der Waals surface area contributed by atoms with Crippen LogP contribution in [0.5, 0.6) is 5.75 Å². The molecule has 1 unspecified atom stereocenters. The summed E-state index contributed by atoms with van der Waals surface area (Å²) in [6, 6.07) is 15.5. The lowest BCUT2D eigenvalue weighted by Crippen LogP contribution is -2.37. The maximum Gasteiger partial charge on any atom is 0.258 e. The Hall–Kier alpha value is -3.15. The van der Waals surface area contributed by atoms with Gasteiger partial charge in [0.25, 0.3) is 5.56 Å². The van der Waals surface area contributed by atoms with Crippen molar-refractivity contribution in [2.75, 3.05) is 13.7 Å². The number of H-pyrrole nitrogens is 1. The first kappa shape index (κ1) is 19.2. The number of nitrogens with one attached hydrogen (secondary N) is 1. The van der Waals surface area contributed by atoms with Gasteiger partial charge in [0.15, 0.2) is 0 Å². The molecule has 1 N–H and O–H groups in total. The second-order valence-corrected chi connectivity index (χ2v) is 7.47. The lowest BCUT2D eigenvalue weighted by Gasteiger charge is -2.25. The van der Waals surface area contributed by atoms with E-state index in [-0.39, 0.29) is 17.5 Å². The summed E-state index contributed by atoms with van der Waals surface area (Å²) in [5.41, 5.74) is 1.68. The summed E-state index contributed by atoms with van der Waals surface area (Å²) in [4.78, 5) is 34.4. The summed E-state index contributed by atoms with van der Waals surface area (Å²) in [5, 5.41) is 0.570. The summed E-state index contributed by atoms with van der Waals surface area (Å²) in [6.45, 7) is 0.787. The molecule has 1 aliphatic heterocycles. The van der Waals surface area contributed by atoms with Crippen molar-refractivity contribution < 1.29 is 9.53 Å². The number of nitrogens with zero attached hydrogens (tertiary/aromatic N) is 2. The molecule has 4 rings (SSSR count). The first-order valence-corrected chi connectivity index (χ1v) is 10.0. The van der Waals surface area contributed by atoms with Crippen molar-refractivity contribution in [3.63, 3.8) is 0 Å². The van der Waals surface area contributed by atoms with E-state index in [2.05, 4.69) is 16.0 Å². The molecule has 2 heterocycles. The first-order valence-electron chi connectivity index (χ1n) is 10.0. The molecular formula is C23H25N3O3. The average molecular weight is 391 g/mol. The molecule has 1 fully saturated rings. The molecule has 0 saturated carbocycles. The van der Waals surface area contributed by atoms with Crippen LogP contribution in [0.1, 0.15) is 30.7 Å². The Labute approximate surface area is 169 Å². The molecule has 3 aromatic rings. The van der Waals surface area contributed by atoms with Crippen LogP contribution in [0.3, 0.4) is 0 Å². The smallest absolute Gasteiger partial charge is 0.258 e. The highest BCUT2D eigenvalue weighted by atomic mass is 16.5. The molecule has 29 heavy (non-hydrogen) atoms. The zero-order valence-corrected chi connectivity index (χ0v) is 16.6. The highest BCUT2D eigenvalue weighted by Gasteiger charge is 2.28. The van der Waals surface area contributed by atoms with Crippen molar-refractivity contribution >= 4 is 16.8 Å². The number of para-hydroxylation sites is 1. The lowest BCUT2D eigenvalue weighted by molar-refractivity contribution is -0.131. The lowest BCUT2D eigenvalue weighted by atomic mass is 10.0. The predicted octanol–water partition coefficient (Wildman–Crippen LogP) is 3.10. The normalized spacial score (nSPS) is 16.3. The summed E-state index contributed by atoms with van der Waals surface area (Å²) in [5.74, 6) is 1.52. The third kappa shape index (κ3) is 4.31. The van der Waals surface area contributed by atoms with Gasteiger partial charge in [0, 0.05) is 25.4 Å². The first-order chi connectivity index (χ1) is 14.1. The number of hydrogen-bond acceptors (Lipinski definition) is 4. The number of rotatable bonds is 6. The maximum atomic E-state index is 12.9. The highest BCUT2D eigenvalue weighted by Crippen LogP contribution is 2.24. The molecular weight excluding hydrogens is 366 g/mol. The fourth-order valence-corrected chi connectivity index (χ4v) is 4.07. The largest absolute Gasteiger partial charge is 0.497 e. The van der Waals surface area contributed by atoms with Crippen molar-refractivity contribution in [2.45, 2.75) is 38.1 Å². The van der Waals surface area contributed by atoms with Crippen molar-refractivity contribution in [1.29, 1.82) is 0 Å². The number of amides is 1. The van der Waals surface area contributed by atoms with Crippen LogP contribution in [0.2, 0.25) is 0 Å². The van der Waals surface area contributed by atoms with Crippen LogP contribution >= 0.6 is 0 Å². The standard InChI is InChI=1S/C23H25N3O3/c1-29-18-8-4-6-16(15-18)14-17-7-5-13-26(17)22(27)12-11-21-24-20-10-3-2-9-19(20)23(28)25-21/h2-4,6,8-10,15,17H,5,7,11-14H2,1H3,(H,24,25,28). The Balaban J connectivity index is 1.41. The summed E-state index contributed by atoms with van der Waals surface area (Å²) in [6.07, 6.45) is 3.63. The molecule has 0 aliphatic carbocycles. The van der Waals surface area contributed by atoms with Crippen LogP contribution < -0.4 is 10.3 Å². The number of aryl methyl sites for hydroxylation is 1. The molecule has 150 valence electrons. The molecule has 1 amide bonds. The van der Waals surface area contributed by atoms with Crippen LogP contribution in [0.15, 0.2) is 53.3 Å². The van der Waals surface area contributed by atoms with Gasteiger partial charge in [-0.2, -0.15) is 0 Å². The van der Waals surface area contributed by atoms with Gasteiger partial charge in [0.1, 0.15) is 11.6 Å². The number of ether oxygens (including phenoxy) is 1. The number of carbonyl (C=O) groups excluding carboxylic acids is 1. The van der Waals surface area contributed by atoms with E-state index in [1.807, 2.05) is 41.3 Å². The summed E-state index contributed by atoms with van der Waals surface area (Å²) in [7, 11) is 1.66. The van der Waals surface area contributed by atoms with Gasteiger partial charge in [-0.25, -0.2) is 4.98 Å². The van der Waals surface area contributed by atoms with Crippen LogP contribution in [-0.4, -0.2) is 40.5 Å². The van der Waals surface area contributed by atoms with E-state index in [4.69, 9.17) is 4.74 Å². The van der Waals surface area contributed by atoms with Gasteiger partial charge in [-0.3, -0.25) is 9.59 Å². The minimum Gasteiger partial charge on any atom is -0.497 e. The molecule has 0 bridgehead atoms. The van der Waals surface area contributed by atoms with Crippen molar-refractivity contribution in [3.05, 3.63) is 70.3 Å². The number of benzene rings is 2. The summed E-state index contributed by atoms with van der Waals surface area (Å²) < 4.78 is 5.30. The fourth-order valence-electron chi connectivity index (χ4n) is 4.07. The van der Waals surface area contributed by atoms with Gasteiger partial charge < -0.3 is 14.6 Å². The zero-order chi connectivity index (χ0) is 20.2. The van der Waals surface area contributed by atoms with Gasteiger partial charge in [-0.15, -0.1) is 0 Å². The van der Waals surface area contributed by atoms with Crippen molar-refractivity contribution in [3.8, 4) is 5.75 Å². The Kier molecular flexibility index (Phi) is 5.60. The topological polar surface area (TPSA) is 75.3 Å². The van der Waals surface area contributed by atoms with Crippen LogP contribution in [0.4, 0.5) is 0 Å². The molecule has 0 radical (unpaired) electrons. The van der Waals surface area contributed by atoms with Crippen LogP contribution in [0, 0.1) is 0 Å². The molecule has 6 nitrogen and oxygen atoms in total. The third-order valence-corrected chi connectivity index (χ3v) is 5.54. The number of fused-ring (bicyclic) bond motifs is 1. The van der Waals surface area contributed by atoms with Gasteiger partial charge >= 0.3 is 0 Å². The Morgan fingerprint density at radius 1 is 1.24 bits per heavy atom. The van der Waals surface area contributed by atoms with Crippen LogP contribution in [-0.2, 0) is 17.6 Å². The molecule has 1 aliphatic rings. The minimum atomic E-state index is -0.157. The quantitative estimate of drug-likeness (QED) is 0.701. The van der Waals surface area contributed by atoms with E-state index in [0.29, 0.717) is 29.6 Å². The SMILES string of the molecule is COc1cccc(CC2CCCN2C(=O)CCc2nc3ccccc3c(=O)[nH]2)c1. The van der Waals surface area contributed by atoms with E-state index < -0.39 is 0 Å². The molecule has 1 saturated heterocycles. The molecule has 2 aromatic carbocycles. The zero-order valence-electron chi connectivity index (χ0n) is 16.6. The third-order valence-electron chi connectivity index (χ3n) is 5.54. The van der Waals surface area contributed by atoms with Gasteiger partial charge in [-0.1, -0.05) is 24.3 Å². The number of methoxy groups -OCH3 is 1. The fraction of sp³-hybridized carbons (Fsp3) is 0.348. The Bertz CT molecular complexity index is 1080. The van der Waals surface area contributed by atoms with E-state index >= 15 is 0 Å². The number of likely N-dealkylation sites (tertiary alicyclic amines) is 1. The van der Waals surface area contributed by atoms with E-state index in [1.165, 1.54) is 5.56 Å². The maximum absolute atomic E-state index is 12.9. The van der Waals surface area contributed by atoms with E-state index in [0.717, 1.165) is 31.6 Å². The molecule has 0 spiro atoms. The monoisotopic (exact) mass is 391 g/mol. The van der Waals surface area contributed by atoms with Crippen LogP contribution in [0.25, 0.3) is 10.9 Å². The molecule has 6 heteroatoms. The number of aromatic amines is 1. The summed E-state index contributed by atoms with van der Waals surface area (Å²) >= 11 is 0. The molecule has 1 aromatic heterocycles. The number of carbonyl (C=O) groups is 1. The highest BCUT2D eigenvalue weighted by molar-refractivity contribution is 5.78. The van der Waals surface area contributed by atoms with Gasteiger partial charge in [0.05, 0.1) is 18.0 Å². The van der Waals surface area contributed by atoms with Crippen molar-refractivity contribution in [1.82, 2.24) is 14.9 Å². The van der Waals surface area contributed by atoms with E-state index in [1.54, 1.807) is 13.2 Å². The second-order valence-electron chi connectivity index (χ2n) is 7.47. The minimum absolute atomic E-state index is 0.117. The predicted molar refractivity (Wildman–Crippen MR) is 112 cm³/mol. The Morgan fingerprint density at radius 3 is 2.97 bits per heavy atom. The average Bonchev–Trinajstić information content (AvgIpc) is 3.20. The number of aromatic nitrogens is 2. The second kappa shape index (κ2) is 8.47. The van der Waals surface area contributed by atoms with Crippen molar-refractivity contribution in [2.24, 2.45) is 0 Å². The van der Waals surface area contributed by atoms with Gasteiger partial charge in [0.2, 0.25) is 5.91 Å².